The fourth-order valence-electron chi connectivity index (χ4n) is 3.03. The van der Waals surface area contributed by atoms with Crippen LogP contribution in [-0.2, 0) is 19.1 Å². The molecule has 0 spiro atoms. The SMILES string of the molecule is C=C1C(=O)O[C@@H]2/C=C(\C)[C@@H](O)C/C=C(/C)[C@H](O)[C@@H](OC(=O)/C(C)=C/C)[C@H]12. The van der Waals surface area contributed by atoms with E-state index in [-0.39, 0.29) is 5.57 Å². The van der Waals surface area contributed by atoms with Crippen LogP contribution in [0, 0.1) is 5.92 Å². The van der Waals surface area contributed by atoms with Gasteiger partial charge in [-0.3, -0.25) is 0 Å². The lowest BCUT2D eigenvalue weighted by molar-refractivity contribution is -0.153. The Bertz CT molecular complexity index is 699. The van der Waals surface area contributed by atoms with Gasteiger partial charge in [0.2, 0.25) is 0 Å². The summed E-state index contributed by atoms with van der Waals surface area (Å²) in [4.78, 5) is 24.4. The third-order valence-electron chi connectivity index (χ3n) is 5.01. The maximum absolute atomic E-state index is 12.3. The predicted octanol–water partition coefficient (Wildman–Crippen LogP) is 1.98. The van der Waals surface area contributed by atoms with Gasteiger partial charge in [-0.15, -0.1) is 0 Å². The molecule has 5 atom stereocenters. The number of allylic oxidation sites excluding steroid dienone is 1. The van der Waals surface area contributed by atoms with Crippen LogP contribution in [0.15, 0.2) is 47.1 Å². The molecule has 0 radical (unpaired) electrons. The molecular formula is C20H26O6. The van der Waals surface area contributed by atoms with Gasteiger partial charge in [-0.2, -0.15) is 0 Å². The molecule has 0 unspecified atom stereocenters. The first-order valence-corrected chi connectivity index (χ1v) is 8.62. The summed E-state index contributed by atoms with van der Waals surface area (Å²) in [6, 6.07) is 0. The Morgan fingerprint density at radius 2 is 2.00 bits per heavy atom. The molecule has 1 aliphatic carbocycles. The van der Waals surface area contributed by atoms with E-state index in [1.54, 1.807) is 45.9 Å². The number of aliphatic hydroxyl groups is 2. The van der Waals surface area contributed by atoms with Crippen LogP contribution in [0.3, 0.4) is 0 Å². The quantitative estimate of drug-likeness (QED) is 0.443. The minimum absolute atomic E-state index is 0.136. The molecule has 6 heteroatoms. The Balaban J connectivity index is 2.51. The average Bonchev–Trinajstić information content (AvgIpc) is 2.88. The molecule has 0 amide bonds. The van der Waals surface area contributed by atoms with E-state index in [2.05, 4.69) is 6.58 Å². The number of fused-ring (bicyclic) bond motifs is 1. The third kappa shape index (κ3) is 3.97. The molecule has 26 heavy (non-hydrogen) atoms. The van der Waals surface area contributed by atoms with Crippen molar-refractivity contribution in [2.45, 2.75) is 58.5 Å². The Morgan fingerprint density at radius 3 is 2.62 bits per heavy atom. The van der Waals surface area contributed by atoms with Crippen molar-refractivity contribution in [2.75, 3.05) is 0 Å². The second kappa shape index (κ2) is 8.01. The third-order valence-corrected chi connectivity index (χ3v) is 5.01. The molecule has 0 aromatic rings. The van der Waals surface area contributed by atoms with Gasteiger partial charge in [0.05, 0.1) is 12.0 Å². The van der Waals surface area contributed by atoms with Crippen molar-refractivity contribution in [3.05, 3.63) is 47.1 Å². The molecule has 0 aromatic heterocycles. The van der Waals surface area contributed by atoms with E-state index in [1.807, 2.05) is 0 Å². The lowest BCUT2D eigenvalue weighted by Gasteiger charge is -2.31. The number of ether oxygens (including phenoxy) is 2. The van der Waals surface area contributed by atoms with Crippen molar-refractivity contribution < 1.29 is 29.3 Å². The summed E-state index contributed by atoms with van der Waals surface area (Å²) in [5, 5.41) is 21.0. The average molecular weight is 362 g/mol. The zero-order valence-corrected chi connectivity index (χ0v) is 15.6. The van der Waals surface area contributed by atoms with Gasteiger partial charge in [-0.05, 0) is 51.3 Å². The van der Waals surface area contributed by atoms with Crippen molar-refractivity contribution in [1.29, 1.82) is 0 Å². The molecule has 0 saturated carbocycles. The molecule has 1 saturated heterocycles. The monoisotopic (exact) mass is 362 g/mol. The Morgan fingerprint density at radius 1 is 1.35 bits per heavy atom. The van der Waals surface area contributed by atoms with E-state index >= 15 is 0 Å². The molecule has 2 rings (SSSR count). The maximum Gasteiger partial charge on any atom is 0.334 e. The molecule has 1 fully saturated rings. The first kappa shape index (κ1) is 20.1. The Labute approximate surface area is 153 Å². The minimum atomic E-state index is -1.15. The molecule has 1 aliphatic heterocycles. The van der Waals surface area contributed by atoms with Crippen LogP contribution in [-0.4, -0.2) is 46.6 Å². The lowest BCUT2D eigenvalue weighted by Crippen LogP contribution is -2.42. The standard InChI is InChI=1S/C20H26O6/c1-6-10(2)19(23)26-18-16-13(5)20(24)25-15(16)9-12(4)14(21)8-7-11(3)17(18)22/h6-7,9,14-18,21-22H,5,8H2,1-4H3/b10-6+,11-7-,12-9+/t14-,15+,16+,17-,18-/m0/s1. The molecule has 6 nitrogen and oxygen atoms in total. The number of esters is 2. The van der Waals surface area contributed by atoms with Crippen LogP contribution in [0.4, 0.5) is 0 Å². The highest BCUT2D eigenvalue weighted by atomic mass is 16.6. The lowest BCUT2D eigenvalue weighted by atomic mass is 9.83. The second-order valence-corrected chi connectivity index (χ2v) is 6.82. The molecule has 2 aliphatic rings. The normalized spacial score (nSPS) is 37.0. The summed E-state index contributed by atoms with van der Waals surface area (Å²) >= 11 is 0. The van der Waals surface area contributed by atoms with Crippen LogP contribution in [0.1, 0.15) is 34.1 Å². The molecule has 0 bridgehead atoms. The zero-order chi connectivity index (χ0) is 19.6. The summed E-state index contributed by atoms with van der Waals surface area (Å²) in [5.74, 6) is -1.92. The summed E-state index contributed by atoms with van der Waals surface area (Å²) in [6.07, 6.45) is 1.54. The van der Waals surface area contributed by atoms with Gasteiger partial charge >= 0.3 is 11.9 Å². The minimum Gasteiger partial charge on any atom is -0.455 e. The van der Waals surface area contributed by atoms with Crippen molar-refractivity contribution >= 4 is 11.9 Å². The highest BCUT2D eigenvalue weighted by molar-refractivity contribution is 5.92. The van der Waals surface area contributed by atoms with Crippen LogP contribution in [0.5, 0.6) is 0 Å². The van der Waals surface area contributed by atoms with Gasteiger partial charge < -0.3 is 19.7 Å². The van der Waals surface area contributed by atoms with Crippen molar-refractivity contribution in [1.82, 2.24) is 0 Å². The number of carbonyl (C=O) groups is 2. The fourth-order valence-corrected chi connectivity index (χ4v) is 3.03. The Hall–Kier alpha value is -2.18. The van der Waals surface area contributed by atoms with Gasteiger partial charge in [0.15, 0.2) is 0 Å². The number of aliphatic hydroxyl groups excluding tert-OH is 2. The second-order valence-electron chi connectivity index (χ2n) is 6.82. The smallest absolute Gasteiger partial charge is 0.334 e. The molecule has 142 valence electrons. The summed E-state index contributed by atoms with van der Waals surface area (Å²) in [7, 11) is 0. The predicted molar refractivity (Wildman–Crippen MR) is 96.0 cm³/mol. The number of carbonyl (C=O) groups excluding carboxylic acids is 2. The molecule has 0 aromatic carbocycles. The highest BCUT2D eigenvalue weighted by Gasteiger charge is 2.47. The Kier molecular flexibility index (Phi) is 6.21. The van der Waals surface area contributed by atoms with Gasteiger partial charge in [0.1, 0.15) is 18.3 Å². The van der Waals surface area contributed by atoms with Gasteiger partial charge in [0, 0.05) is 11.1 Å². The molecule has 2 N–H and O–H groups in total. The summed E-state index contributed by atoms with van der Waals surface area (Å²) < 4.78 is 10.9. The fraction of sp³-hybridized carbons (Fsp3) is 0.500. The van der Waals surface area contributed by atoms with E-state index < -0.39 is 42.3 Å². The van der Waals surface area contributed by atoms with Gasteiger partial charge in [-0.1, -0.05) is 18.7 Å². The van der Waals surface area contributed by atoms with Crippen LogP contribution in [0.2, 0.25) is 0 Å². The van der Waals surface area contributed by atoms with E-state index in [0.29, 0.717) is 23.1 Å². The first-order valence-electron chi connectivity index (χ1n) is 8.62. The number of hydrogen-bond donors (Lipinski definition) is 2. The zero-order valence-electron chi connectivity index (χ0n) is 15.6. The van der Waals surface area contributed by atoms with Crippen LogP contribution in [0.25, 0.3) is 0 Å². The number of hydrogen-bond acceptors (Lipinski definition) is 6. The van der Waals surface area contributed by atoms with Crippen molar-refractivity contribution in [2.24, 2.45) is 5.92 Å². The van der Waals surface area contributed by atoms with Gasteiger partial charge in [0.25, 0.3) is 0 Å². The van der Waals surface area contributed by atoms with Crippen molar-refractivity contribution in [3.63, 3.8) is 0 Å². The number of rotatable bonds is 2. The molecule has 1 heterocycles. The van der Waals surface area contributed by atoms with E-state index in [9.17, 15) is 19.8 Å². The van der Waals surface area contributed by atoms with Crippen LogP contribution < -0.4 is 0 Å². The molecular weight excluding hydrogens is 336 g/mol. The van der Waals surface area contributed by atoms with E-state index in [0.717, 1.165) is 0 Å². The van der Waals surface area contributed by atoms with E-state index in [4.69, 9.17) is 9.47 Å². The van der Waals surface area contributed by atoms with E-state index in [1.165, 1.54) is 0 Å². The topological polar surface area (TPSA) is 93.1 Å². The maximum atomic E-state index is 12.3. The largest absolute Gasteiger partial charge is 0.455 e. The van der Waals surface area contributed by atoms with Crippen LogP contribution >= 0.6 is 0 Å². The summed E-state index contributed by atoms with van der Waals surface area (Å²) in [5.41, 5.74) is 1.71. The van der Waals surface area contributed by atoms with Gasteiger partial charge in [-0.25, -0.2) is 9.59 Å². The first-order chi connectivity index (χ1) is 12.2. The van der Waals surface area contributed by atoms with Crippen molar-refractivity contribution in [3.8, 4) is 0 Å². The highest BCUT2D eigenvalue weighted by Crippen LogP contribution is 2.36. The summed E-state index contributed by atoms with van der Waals surface area (Å²) in [6.45, 7) is 10.5.